The zero-order valence-electron chi connectivity index (χ0n) is 12.8. The molecular formula is C16H29N3. The van der Waals surface area contributed by atoms with Crippen molar-refractivity contribution in [3.05, 3.63) is 17.5 Å². The molecule has 0 aromatic carbocycles. The highest BCUT2D eigenvalue weighted by molar-refractivity contribution is 5.23. The summed E-state index contributed by atoms with van der Waals surface area (Å²) in [5.41, 5.74) is 2.96. The molecule has 0 aliphatic heterocycles. The maximum absolute atomic E-state index is 4.65. The third-order valence-corrected chi connectivity index (χ3v) is 4.07. The molecule has 0 saturated carbocycles. The molecule has 2 rings (SSSR count). The van der Waals surface area contributed by atoms with Crippen molar-refractivity contribution in [1.82, 2.24) is 15.1 Å². The fourth-order valence-electron chi connectivity index (χ4n) is 2.89. The van der Waals surface area contributed by atoms with Gasteiger partial charge in [-0.1, -0.05) is 27.2 Å². The van der Waals surface area contributed by atoms with Crippen molar-refractivity contribution < 1.29 is 0 Å². The summed E-state index contributed by atoms with van der Waals surface area (Å²) in [6, 6.07) is 0.533. The quantitative estimate of drug-likeness (QED) is 0.793. The van der Waals surface area contributed by atoms with Crippen molar-refractivity contribution in [2.24, 2.45) is 5.92 Å². The van der Waals surface area contributed by atoms with Crippen molar-refractivity contribution in [2.75, 3.05) is 6.54 Å². The number of nitrogens with zero attached hydrogens (tertiary/aromatic N) is 2. The molecule has 0 fully saturated rings. The van der Waals surface area contributed by atoms with Crippen LogP contribution in [0, 0.1) is 5.92 Å². The third-order valence-electron chi connectivity index (χ3n) is 4.07. The third kappa shape index (κ3) is 3.82. The molecule has 0 amide bonds. The molecule has 3 nitrogen and oxygen atoms in total. The van der Waals surface area contributed by atoms with E-state index in [0.29, 0.717) is 6.04 Å². The fourth-order valence-corrected chi connectivity index (χ4v) is 2.89. The number of fused-ring (bicyclic) bond motifs is 1. The molecule has 1 N–H and O–H groups in total. The summed E-state index contributed by atoms with van der Waals surface area (Å²) < 4.78 is 2.27. The van der Waals surface area contributed by atoms with Crippen LogP contribution in [0.4, 0.5) is 0 Å². The first-order chi connectivity index (χ1) is 9.22. The molecule has 0 spiro atoms. The minimum atomic E-state index is 0.533. The average molecular weight is 263 g/mol. The van der Waals surface area contributed by atoms with Crippen LogP contribution in [0.2, 0.25) is 0 Å². The van der Waals surface area contributed by atoms with E-state index in [1.165, 1.54) is 49.8 Å². The molecule has 0 saturated heterocycles. The van der Waals surface area contributed by atoms with Crippen LogP contribution in [-0.2, 0) is 13.0 Å². The van der Waals surface area contributed by atoms with E-state index >= 15 is 0 Å². The predicted octanol–water partition coefficient (Wildman–Crippen LogP) is 3.70. The first-order valence-corrected chi connectivity index (χ1v) is 8.00. The number of aromatic nitrogens is 2. The standard InChI is InChI=1S/C16H29N3/c1-4-10-17-15-7-5-6-8-16-14(15)12-18-19(16)11-9-13(2)3/h12-13,15,17H,4-11H2,1-3H3. The van der Waals surface area contributed by atoms with Crippen molar-refractivity contribution in [2.45, 2.75) is 71.9 Å². The highest BCUT2D eigenvalue weighted by atomic mass is 15.3. The van der Waals surface area contributed by atoms with Crippen LogP contribution >= 0.6 is 0 Å². The van der Waals surface area contributed by atoms with Crippen LogP contribution in [0.5, 0.6) is 0 Å². The Balaban J connectivity index is 2.11. The molecule has 1 unspecified atom stereocenters. The van der Waals surface area contributed by atoms with Gasteiger partial charge in [0.1, 0.15) is 0 Å². The Kier molecular flexibility index (Phi) is 5.44. The number of rotatable bonds is 6. The Morgan fingerprint density at radius 3 is 3.00 bits per heavy atom. The molecule has 1 heterocycles. The lowest BCUT2D eigenvalue weighted by atomic mass is 10.1. The Bertz CT molecular complexity index is 381. The predicted molar refractivity (Wildman–Crippen MR) is 80.3 cm³/mol. The zero-order chi connectivity index (χ0) is 13.7. The molecule has 1 aromatic heterocycles. The summed E-state index contributed by atoms with van der Waals surface area (Å²) in [7, 11) is 0. The second-order valence-electron chi connectivity index (χ2n) is 6.20. The van der Waals surface area contributed by atoms with E-state index < -0.39 is 0 Å². The lowest BCUT2D eigenvalue weighted by Crippen LogP contribution is -2.22. The van der Waals surface area contributed by atoms with Crippen molar-refractivity contribution >= 4 is 0 Å². The van der Waals surface area contributed by atoms with E-state index in [1.807, 2.05) is 0 Å². The van der Waals surface area contributed by atoms with E-state index in [2.05, 4.69) is 42.1 Å². The van der Waals surface area contributed by atoms with Gasteiger partial charge in [-0.15, -0.1) is 0 Å². The van der Waals surface area contributed by atoms with Crippen LogP contribution in [-0.4, -0.2) is 16.3 Å². The molecule has 0 bridgehead atoms. The summed E-state index contributed by atoms with van der Waals surface area (Å²) in [5.74, 6) is 0.750. The second-order valence-corrected chi connectivity index (χ2v) is 6.20. The van der Waals surface area contributed by atoms with E-state index in [4.69, 9.17) is 0 Å². The maximum atomic E-state index is 4.65. The maximum Gasteiger partial charge on any atom is 0.0540 e. The van der Waals surface area contributed by atoms with Crippen LogP contribution in [0.15, 0.2) is 6.20 Å². The van der Waals surface area contributed by atoms with Gasteiger partial charge in [-0.05, 0) is 44.6 Å². The number of nitrogens with one attached hydrogen (secondary N) is 1. The Labute approximate surface area is 117 Å². The van der Waals surface area contributed by atoms with Crippen LogP contribution in [0.1, 0.15) is 70.2 Å². The van der Waals surface area contributed by atoms with Gasteiger partial charge in [0, 0.05) is 23.8 Å². The van der Waals surface area contributed by atoms with E-state index in [-0.39, 0.29) is 0 Å². The molecule has 19 heavy (non-hydrogen) atoms. The highest BCUT2D eigenvalue weighted by Gasteiger charge is 2.21. The van der Waals surface area contributed by atoms with Gasteiger partial charge in [-0.25, -0.2) is 0 Å². The summed E-state index contributed by atoms with van der Waals surface area (Å²) >= 11 is 0. The van der Waals surface area contributed by atoms with Crippen LogP contribution < -0.4 is 5.32 Å². The van der Waals surface area contributed by atoms with Crippen molar-refractivity contribution in [3.63, 3.8) is 0 Å². The Morgan fingerprint density at radius 1 is 1.42 bits per heavy atom. The molecule has 1 aliphatic carbocycles. The SMILES string of the molecule is CCCNC1CCCCc2c1cnn2CCC(C)C. The summed E-state index contributed by atoms with van der Waals surface area (Å²) in [6.45, 7) is 8.99. The molecule has 1 aliphatic rings. The highest BCUT2D eigenvalue weighted by Crippen LogP contribution is 2.28. The first-order valence-electron chi connectivity index (χ1n) is 8.00. The normalized spacial score (nSPS) is 19.5. The lowest BCUT2D eigenvalue weighted by molar-refractivity contribution is 0.473. The monoisotopic (exact) mass is 263 g/mol. The van der Waals surface area contributed by atoms with E-state index in [0.717, 1.165) is 19.0 Å². The Hall–Kier alpha value is -0.830. The summed E-state index contributed by atoms with van der Waals surface area (Å²) in [6.07, 6.45) is 9.66. The summed E-state index contributed by atoms with van der Waals surface area (Å²) in [4.78, 5) is 0. The second kappa shape index (κ2) is 7.09. The molecule has 1 atom stereocenters. The van der Waals surface area contributed by atoms with Gasteiger partial charge in [0.2, 0.25) is 0 Å². The molecule has 3 heteroatoms. The molecule has 1 aromatic rings. The first kappa shape index (κ1) is 14.6. The lowest BCUT2D eigenvalue weighted by Gasteiger charge is -2.16. The molecule has 0 radical (unpaired) electrons. The number of aryl methyl sites for hydroxylation is 1. The number of hydrogen-bond donors (Lipinski definition) is 1. The van der Waals surface area contributed by atoms with Gasteiger partial charge in [-0.2, -0.15) is 5.10 Å². The van der Waals surface area contributed by atoms with E-state index in [1.54, 1.807) is 0 Å². The van der Waals surface area contributed by atoms with Gasteiger partial charge in [-0.3, -0.25) is 4.68 Å². The van der Waals surface area contributed by atoms with Gasteiger partial charge < -0.3 is 5.32 Å². The molecular weight excluding hydrogens is 234 g/mol. The van der Waals surface area contributed by atoms with Crippen molar-refractivity contribution in [3.8, 4) is 0 Å². The Morgan fingerprint density at radius 2 is 2.26 bits per heavy atom. The zero-order valence-corrected chi connectivity index (χ0v) is 12.8. The van der Waals surface area contributed by atoms with Gasteiger partial charge in [0.25, 0.3) is 0 Å². The largest absolute Gasteiger partial charge is 0.310 e. The van der Waals surface area contributed by atoms with Crippen LogP contribution in [0.3, 0.4) is 0 Å². The topological polar surface area (TPSA) is 29.9 Å². The fraction of sp³-hybridized carbons (Fsp3) is 0.812. The molecule has 108 valence electrons. The minimum absolute atomic E-state index is 0.533. The summed E-state index contributed by atoms with van der Waals surface area (Å²) in [5, 5.41) is 8.34. The van der Waals surface area contributed by atoms with E-state index in [9.17, 15) is 0 Å². The van der Waals surface area contributed by atoms with Crippen molar-refractivity contribution in [1.29, 1.82) is 0 Å². The number of hydrogen-bond acceptors (Lipinski definition) is 2. The van der Waals surface area contributed by atoms with Gasteiger partial charge in [0.15, 0.2) is 0 Å². The van der Waals surface area contributed by atoms with Gasteiger partial charge in [0.05, 0.1) is 6.20 Å². The van der Waals surface area contributed by atoms with Crippen LogP contribution in [0.25, 0.3) is 0 Å². The van der Waals surface area contributed by atoms with Gasteiger partial charge >= 0.3 is 0 Å². The average Bonchev–Trinajstić information content (AvgIpc) is 2.68. The smallest absolute Gasteiger partial charge is 0.0540 e. The minimum Gasteiger partial charge on any atom is -0.310 e.